The lowest BCUT2D eigenvalue weighted by Gasteiger charge is -2.12. The highest BCUT2D eigenvalue weighted by Gasteiger charge is 2.13. The normalized spacial score (nSPS) is 12.2. The lowest BCUT2D eigenvalue weighted by molar-refractivity contribution is 0.0934. The first-order valence-electron chi connectivity index (χ1n) is 6.77. The average molecular weight is 281 g/mol. The molecule has 21 heavy (non-hydrogen) atoms. The SMILES string of the molecule is C[C@H](Cc1ccco1)NC(=O)c1cnc2ccccc2n1. The van der Waals surface area contributed by atoms with Gasteiger partial charge >= 0.3 is 0 Å². The molecule has 1 N–H and O–H groups in total. The standard InChI is InChI=1S/C16H15N3O2/c1-11(9-12-5-4-8-21-12)18-16(20)15-10-17-13-6-2-3-7-14(13)19-15/h2-8,10-11H,9H2,1H3,(H,18,20)/t11-/m1/s1. The summed E-state index contributed by atoms with van der Waals surface area (Å²) in [4.78, 5) is 20.8. The van der Waals surface area contributed by atoms with E-state index in [1.165, 1.54) is 6.20 Å². The van der Waals surface area contributed by atoms with Crippen LogP contribution in [0.15, 0.2) is 53.3 Å². The number of hydrogen-bond acceptors (Lipinski definition) is 4. The van der Waals surface area contributed by atoms with Crippen LogP contribution in [0.2, 0.25) is 0 Å². The lowest BCUT2D eigenvalue weighted by Crippen LogP contribution is -2.34. The molecule has 2 heterocycles. The van der Waals surface area contributed by atoms with E-state index in [0.717, 1.165) is 11.3 Å². The largest absolute Gasteiger partial charge is 0.469 e. The van der Waals surface area contributed by atoms with E-state index < -0.39 is 0 Å². The molecular weight excluding hydrogens is 266 g/mol. The van der Waals surface area contributed by atoms with Crippen LogP contribution < -0.4 is 5.32 Å². The molecule has 0 saturated carbocycles. The lowest BCUT2D eigenvalue weighted by atomic mass is 10.2. The fourth-order valence-electron chi connectivity index (χ4n) is 2.15. The second-order valence-electron chi connectivity index (χ2n) is 4.90. The van der Waals surface area contributed by atoms with Crippen LogP contribution in [0.5, 0.6) is 0 Å². The van der Waals surface area contributed by atoms with Gasteiger partial charge in [-0.2, -0.15) is 0 Å². The third kappa shape index (κ3) is 3.08. The van der Waals surface area contributed by atoms with Crippen molar-refractivity contribution in [1.29, 1.82) is 0 Å². The van der Waals surface area contributed by atoms with Crippen molar-refractivity contribution >= 4 is 16.9 Å². The highest BCUT2D eigenvalue weighted by atomic mass is 16.3. The van der Waals surface area contributed by atoms with E-state index in [1.54, 1.807) is 6.26 Å². The van der Waals surface area contributed by atoms with Gasteiger partial charge in [0.2, 0.25) is 0 Å². The van der Waals surface area contributed by atoms with E-state index in [2.05, 4.69) is 15.3 Å². The summed E-state index contributed by atoms with van der Waals surface area (Å²) in [6, 6.07) is 11.1. The molecule has 3 aromatic rings. The smallest absolute Gasteiger partial charge is 0.271 e. The summed E-state index contributed by atoms with van der Waals surface area (Å²) in [5.41, 5.74) is 1.81. The van der Waals surface area contributed by atoms with Crippen molar-refractivity contribution in [2.75, 3.05) is 0 Å². The minimum atomic E-state index is -0.229. The minimum Gasteiger partial charge on any atom is -0.469 e. The topological polar surface area (TPSA) is 68.0 Å². The maximum atomic E-state index is 12.2. The molecule has 0 spiro atoms. The molecule has 5 nitrogen and oxygen atoms in total. The number of furan rings is 1. The van der Waals surface area contributed by atoms with E-state index in [4.69, 9.17) is 4.42 Å². The molecule has 1 atom stereocenters. The maximum absolute atomic E-state index is 12.2. The number of nitrogens with zero attached hydrogens (tertiary/aromatic N) is 2. The number of rotatable bonds is 4. The van der Waals surface area contributed by atoms with Crippen molar-refractivity contribution in [3.8, 4) is 0 Å². The summed E-state index contributed by atoms with van der Waals surface area (Å²) in [7, 11) is 0. The van der Waals surface area contributed by atoms with Gasteiger partial charge in [-0.05, 0) is 31.2 Å². The zero-order valence-corrected chi connectivity index (χ0v) is 11.6. The Bertz CT molecular complexity index is 753. The summed E-state index contributed by atoms with van der Waals surface area (Å²) in [6.45, 7) is 1.93. The molecular formula is C16H15N3O2. The molecule has 0 saturated heterocycles. The molecule has 106 valence electrons. The number of amides is 1. The van der Waals surface area contributed by atoms with E-state index in [0.29, 0.717) is 17.6 Å². The van der Waals surface area contributed by atoms with Crippen molar-refractivity contribution in [3.63, 3.8) is 0 Å². The van der Waals surface area contributed by atoms with E-state index in [-0.39, 0.29) is 11.9 Å². The molecule has 2 aromatic heterocycles. The molecule has 0 radical (unpaired) electrons. The summed E-state index contributed by atoms with van der Waals surface area (Å²) in [5.74, 6) is 0.611. The predicted molar refractivity (Wildman–Crippen MR) is 78.9 cm³/mol. The molecule has 0 aliphatic heterocycles. The average Bonchev–Trinajstić information content (AvgIpc) is 2.99. The number of nitrogens with one attached hydrogen (secondary N) is 1. The summed E-state index contributed by atoms with van der Waals surface area (Å²) in [6.07, 6.45) is 3.76. The molecule has 3 rings (SSSR count). The van der Waals surface area contributed by atoms with Gasteiger partial charge in [-0.15, -0.1) is 0 Å². The van der Waals surface area contributed by atoms with E-state index in [1.807, 2.05) is 43.3 Å². The first-order valence-corrected chi connectivity index (χ1v) is 6.77. The molecule has 5 heteroatoms. The first kappa shape index (κ1) is 13.3. The number of aromatic nitrogens is 2. The van der Waals surface area contributed by atoms with Crippen LogP contribution in [0.25, 0.3) is 11.0 Å². The Morgan fingerprint density at radius 1 is 1.24 bits per heavy atom. The van der Waals surface area contributed by atoms with E-state index in [9.17, 15) is 4.79 Å². The number of carbonyl (C=O) groups excluding carboxylic acids is 1. The molecule has 1 amide bonds. The third-order valence-corrected chi connectivity index (χ3v) is 3.15. The van der Waals surface area contributed by atoms with Crippen LogP contribution in [0.3, 0.4) is 0 Å². The highest BCUT2D eigenvalue weighted by Crippen LogP contribution is 2.09. The van der Waals surface area contributed by atoms with Gasteiger partial charge in [0.1, 0.15) is 11.5 Å². The third-order valence-electron chi connectivity index (χ3n) is 3.15. The van der Waals surface area contributed by atoms with Gasteiger partial charge in [0, 0.05) is 12.5 Å². The van der Waals surface area contributed by atoms with Crippen LogP contribution >= 0.6 is 0 Å². The Labute approximate surface area is 122 Å². The van der Waals surface area contributed by atoms with Crippen molar-refractivity contribution in [2.45, 2.75) is 19.4 Å². The Morgan fingerprint density at radius 3 is 2.81 bits per heavy atom. The van der Waals surface area contributed by atoms with Crippen molar-refractivity contribution < 1.29 is 9.21 Å². The predicted octanol–water partition coefficient (Wildman–Crippen LogP) is 2.58. The molecule has 0 aliphatic carbocycles. The Hall–Kier alpha value is -2.69. The summed E-state index contributed by atoms with van der Waals surface area (Å²) < 4.78 is 5.27. The zero-order chi connectivity index (χ0) is 14.7. The maximum Gasteiger partial charge on any atom is 0.271 e. The van der Waals surface area contributed by atoms with Crippen molar-refractivity contribution in [3.05, 3.63) is 60.3 Å². The first-order chi connectivity index (χ1) is 10.2. The molecule has 1 aromatic carbocycles. The van der Waals surface area contributed by atoms with Gasteiger partial charge in [-0.25, -0.2) is 4.98 Å². The van der Waals surface area contributed by atoms with Crippen LogP contribution in [0.1, 0.15) is 23.2 Å². The van der Waals surface area contributed by atoms with Gasteiger partial charge in [0.05, 0.1) is 23.5 Å². The molecule has 0 unspecified atom stereocenters. The summed E-state index contributed by atoms with van der Waals surface area (Å²) in [5, 5.41) is 2.90. The van der Waals surface area contributed by atoms with Gasteiger partial charge < -0.3 is 9.73 Å². The molecule has 0 aliphatic rings. The monoisotopic (exact) mass is 281 g/mol. The van der Waals surface area contributed by atoms with Crippen LogP contribution in [0, 0.1) is 0 Å². The van der Waals surface area contributed by atoms with Crippen LogP contribution in [-0.2, 0) is 6.42 Å². The summed E-state index contributed by atoms with van der Waals surface area (Å²) >= 11 is 0. The highest BCUT2D eigenvalue weighted by molar-refractivity contribution is 5.93. The van der Waals surface area contributed by atoms with Gasteiger partial charge in [0.15, 0.2) is 0 Å². The van der Waals surface area contributed by atoms with E-state index >= 15 is 0 Å². The van der Waals surface area contributed by atoms with Crippen molar-refractivity contribution in [1.82, 2.24) is 15.3 Å². The number of fused-ring (bicyclic) bond motifs is 1. The Morgan fingerprint density at radius 2 is 2.05 bits per heavy atom. The van der Waals surface area contributed by atoms with Crippen molar-refractivity contribution in [2.24, 2.45) is 0 Å². The van der Waals surface area contributed by atoms with Gasteiger partial charge in [0.25, 0.3) is 5.91 Å². The fraction of sp³-hybridized carbons (Fsp3) is 0.188. The second kappa shape index (κ2) is 5.75. The van der Waals surface area contributed by atoms with Gasteiger partial charge in [-0.3, -0.25) is 9.78 Å². The quantitative estimate of drug-likeness (QED) is 0.798. The molecule has 0 bridgehead atoms. The minimum absolute atomic E-state index is 0.0445. The zero-order valence-electron chi connectivity index (χ0n) is 11.6. The second-order valence-corrected chi connectivity index (χ2v) is 4.90. The van der Waals surface area contributed by atoms with Crippen LogP contribution in [0.4, 0.5) is 0 Å². The Kier molecular flexibility index (Phi) is 3.64. The number of carbonyl (C=O) groups is 1. The molecule has 0 fully saturated rings. The fourth-order valence-corrected chi connectivity index (χ4v) is 2.15. The van der Waals surface area contributed by atoms with Crippen LogP contribution in [-0.4, -0.2) is 21.9 Å². The number of benzene rings is 1. The number of hydrogen-bond donors (Lipinski definition) is 1. The van der Waals surface area contributed by atoms with Gasteiger partial charge in [-0.1, -0.05) is 12.1 Å². The Balaban J connectivity index is 1.71. The number of para-hydroxylation sites is 2.